The molecular weight excluding hydrogens is 394 g/mol. The van der Waals surface area contributed by atoms with Gasteiger partial charge in [0.2, 0.25) is 0 Å². The van der Waals surface area contributed by atoms with Gasteiger partial charge in [0.1, 0.15) is 11.6 Å². The standard InChI is InChI=1S/C24H21N3O2S/c1-27-20-15-9-8-14-19(20)21(18-12-6-3-7-13-18)25-22(23(27)30)26-24(28)29-16-17-10-4-2-5-11-17/h2-15,22H,16H2,1H3,(H,26,28)/t22-/m0/s1. The van der Waals surface area contributed by atoms with Gasteiger partial charge in [-0.15, -0.1) is 0 Å². The number of amides is 1. The van der Waals surface area contributed by atoms with Crippen molar-refractivity contribution in [2.24, 2.45) is 4.99 Å². The molecule has 0 radical (unpaired) electrons. The van der Waals surface area contributed by atoms with Gasteiger partial charge in [0, 0.05) is 18.2 Å². The molecule has 150 valence electrons. The Labute approximate surface area is 181 Å². The fourth-order valence-electron chi connectivity index (χ4n) is 3.32. The molecular formula is C24H21N3O2S. The zero-order valence-electron chi connectivity index (χ0n) is 16.5. The van der Waals surface area contributed by atoms with E-state index < -0.39 is 12.3 Å². The second kappa shape index (κ2) is 8.88. The van der Waals surface area contributed by atoms with Crippen LogP contribution in [0, 0.1) is 0 Å². The molecule has 4 rings (SSSR count). The van der Waals surface area contributed by atoms with Crippen LogP contribution in [0.3, 0.4) is 0 Å². The Morgan fingerprint density at radius 2 is 1.63 bits per heavy atom. The van der Waals surface area contributed by atoms with Crippen molar-refractivity contribution in [1.82, 2.24) is 5.32 Å². The number of hydrogen-bond donors (Lipinski definition) is 1. The summed E-state index contributed by atoms with van der Waals surface area (Å²) in [5.41, 5.74) is 4.52. The molecule has 0 saturated heterocycles. The molecule has 1 atom stereocenters. The number of benzene rings is 3. The minimum Gasteiger partial charge on any atom is -0.445 e. The number of carbonyl (C=O) groups is 1. The Morgan fingerprint density at radius 1 is 1.00 bits per heavy atom. The summed E-state index contributed by atoms with van der Waals surface area (Å²) in [6.45, 7) is 0.178. The summed E-state index contributed by atoms with van der Waals surface area (Å²) in [7, 11) is 1.88. The van der Waals surface area contributed by atoms with E-state index in [1.54, 1.807) is 0 Å². The number of rotatable bonds is 4. The molecule has 0 bridgehead atoms. The maximum atomic E-state index is 12.5. The third-order valence-corrected chi connectivity index (χ3v) is 5.35. The fourth-order valence-corrected chi connectivity index (χ4v) is 3.53. The van der Waals surface area contributed by atoms with Gasteiger partial charge >= 0.3 is 6.09 Å². The third kappa shape index (κ3) is 4.23. The molecule has 3 aromatic rings. The van der Waals surface area contributed by atoms with E-state index in [1.807, 2.05) is 96.9 Å². The average Bonchev–Trinajstić information content (AvgIpc) is 2.90. The van der Waals surface area contributed by atoms with Crippen LogP contribution >= 0.6 is 12.2 Å². The van der Waals surface area contributed by atoms with Crippen LogP contribution in [0.15, 0.2) is 89.9 Å². The summed E-state index contributed by atoms with van der Waals surface area (Å²) < 4.78 is 5.38. The minimum absolute atomic E-state index is 0.178. The van der Waals surface area contributed by atoms with Crippen molar-refractivity contribution < 1.29 is 9.53 Å². The summed E-state index contributed by atoms with van der Waals surface area (Å²) >= 11 is 5.66. The lowest BCUT2D eigenvalue weighted by molar-refractivity contribution is 0.138. The van der Waals surface area contributed by atoms with Crippen molar-refractivity contribution in [2.45, 2.75) is 12.8 Å². The summed E-state index contributed by atoms with van der Waals surface area (Å²) in [5, 5.41) is 2.81. The number of thiocarbonyl (C=S) groups is 1. The topological polar surface area (TPSA) is 53.9 Å². The highest BCUT2D eigenvalue weighted by molar-refractivity contribution is 7.80. The van der Waals surface area contributed by atoms with Gasteiger partial charge in [-0.2, -0.15) is 0 Å². The van der Waals surface area contributed by atoms with Crippen LogP contribution in [0.2, 0.25) is 0 Å². The zero-order valence-corrected chi connectivity index (χ0v) is 17.3. The predicted molar refractivity (Wildman–Crippen MR) is 123 cm³/mol. The van der Waals surface area contributed by atoms with E-state index in [4.69, 9.17) is 21.9 Å². The van der Waals surface area contributed by atoms with Crippen molar-refractivity contribution in [3.8, 4) is 0 Å². The third-order valence-electron chi connectivity index (χ3n) is 4.86. The van der Waals surface area contributed by atoms with Gasteiger partial charge in [-0.05, 0) is 11.6 Å². The molecule has 30 heavy (non-hydrogen) atoms. The number of alkyl carbamates (subject to hydrolysis) is 1. The first-order valence-electron chi connectivity index (χ1n) is 9.61. The van der Waals surface area contributed by atoms with Crippen molar-refractivity contribution in [2.75, 3.05) is 11.9 Å². The Balaban J connectivity index is 1.62. The largest absolute Gasteiger partial charge is 0.445 e. The van der Waals surface area contributed by atoms with E-state index >= 15 is 0 Å². The van der Waals surface area contributed by atoms with Crippen LogP contribution < -0.4 is 10.2 Å². The van der Waals surface area contributed by atoms with Gasteiger partial charge in [0.25, 0.3) is 0 Å². The molecule has 0 fully saturated rings. The molecule has 0 saturated carbocycles. The van der Waals surface area contributed by atoms with Gasteiger partial charge in [0.05, 0.1) is 11.4 Å². The highest BCUT2D eigenvalue weighted by atomic mass is 32.1. The Kier molecular flexibility index (Phi) is 5.86. The van der Waals surface area contributed by atoms with Crippen molar-refractivity contribution in [3.05, 3.63) is 102 Å². The molecule has 0 spiro atoms. The number of anilines is 1. The predicted octanol–water partition coefficient (Wildman–Crippen LogP) is 4.55. The van der Waals surface area contributed by atoms with Gasteiger partial charge in [-0.1, -0.05) is 91.1 Å². The number of carbonyl (C=O) groups excluding carboxylic acids is 1. The molecule has 1 N–H and O–H groups in total. The average molecular weight is 416 g/mol. The van der Waals surface area contributed by atoms with E-state index in [2.05, 4.69) is 5.32 Å². The molecule has 1 aliphatic heterocycles. The Hall–Kier alpha value is -3.51. The number of likely N-dealkylation sites (N-methyl/N-ethyl adjacent to an activating group) is 1. The van der Waals surface area contributed by atoms with Crippen LogP contribution in [0.4, 0.5) is 10.5 Å². The van der Waals surface area contributed by atoms with E-state index in [0.717, 1.165) is 28.1 Å². The monoisotopic (exact) mass is 415 g/mol. The number of fused-ring (bicyclic) bond motifs is 1. The molecule has 1 amide bonds. The smallest absolute Gasteiger partial charge is 0.409 e. The number of hydrogen-bond acceptors (Lipinski definition) is 4. The highest BCUT2D eigenvalue weighted by Crippen LogP contribution is 2.27. The van der Waals surface area contributed by atoms with Gasteiger partial charge < -0.3 is 9.64 Å². The number of benzodiazepines with no additional fused rings is 1. The maximum Gasteiger partial charge on any atom is 0.409 e. The number of nitrogens with one attached hydrogen (secondary N) is 1. The van der Waals surface area contributed by atoms with E-state index in [-0.39, 0.29) is 6.61 Å². The molecule has 0 aromatic heterocycles. The van der Waals surface area contributed by atoms with Crippen molar-refractivity contribution in [1.29, 1.82) is 0 Å². The molecule has 5 nitrogen and oxygen atoms in total. The van der Waals surface area contributed by atoms with Gasteiger partial charge in [0.15, 0.2) is 6.17 Å². The van der Waals surface area contributed by atoms with E-state index in [0.29, 0.717) is 4.99 Å². The van der Waals surface area contributed by atoms with E-state index in [1.165, 1.54) is 0 Å². The van der Waals surface area contributed by atoms with Gasteiger partial charge in [-0.25, -0.2) is 4.79 Å². The fraction of sp³-hybridized carbons (Fsp3) is 0.125. The molecule has 1 aliphatic rings. The number of para-hydroxylation sites is 1. The maximum absolute atomic E-state index is 12.5. The minimum atomic E-state index is -0.726. The zero-order chi connectivity index (χ0) is 20.9. The molecule has 0 unspecified atom stereocenters. The lowest BCUT2D eigenvalue weighted by Crippen LogP contribution is -2.45. The highest BCUT2D eigenvalue weighted by Gasteiger charge is 2.28. The lowest BCUT2D eigenvalue weighted by Gasteiger charge is -2.23. The van der Waals surface area contributed by atoms with Crippen molar-refractivity contribution >= 4 is 34.7 Å². The Morgan fingerprint density at radius 3 is 2.37 bits per heavy atom. The lowest BCUT2D eigenvalue weighted by atomic mass is 10.0. The van der Waals surface area contributed by atoms with Crippen LogP contribution in [-0.2, 0) is 11.3 Å². The summed E-state index contributed by atoms with van der Waals surface area (Å²) in [6.07, 6.45) is -1.29. The number of ether oxygens (including phenoxy) is 1. The molecule has 3 aromatic carbocycles. The molecule has 6 heteroatoms. The Bertz CT molecular complexity index is 1080. The number of nitrogens with zero attached hydrogens (tertiary/aromatic N) is 2. The second-order valence-electron chi connectivity index (χ2n) is 6.87. The second-order valence-corrected chi connectivity index (χ2v) is 7.29. The number of aliphatic imine (C=N–C) groups is 1. The summed E-state index contributed by atoms with van der Waals surface area (Å²) in [5.74, 6) is 0. The van der Waals surface area contributed by atoms with Crippen LogP contribution in [0.1, 0.15) is 16.7 Å². The van der Waals surface area contributed by atoms with Crippen molar-refractivity contribution in [3.63, 3.8) is 0 Å². The van der Waals surface area contributed by atoms with Gasteiger partial charge in [-0.3, -0.25) is 10.3 Å². The first-order chi connectivity index (χ1) is 14.6. The van der Waals surface area contributed by atoms with Crippen LogP contribution in [0.5, 0.6) is 0 Å². The van der Waals surface area contributed by atoms with Crippen LogP contribution in [-0.4, -0.2) is 30.0 Å². The molecule has 0 aliphatic carbocycles. The quantitative estimate of drug-likeness (QED) is 0.635. The SMILES string of the molecule is CN1C(=S)[C@H](NC(=O)OCc2ccccc2)N=C(c2ccccc2)c2ccccc21. The first kappa shape index (κ1) is 19.8. The summed E-state index contributed by atoms with van der Waals surface area (Å²) in [4.78, 5) is 19.7. The molecule has 1 heterocycles. The summed E-state index contributed by atoms with van der Waals surface area (Å²) in [6, 6.07) is 27.3. The van der Waals surface area contributed by atoms with Crippen LogP contribution in [0.25, 0.3) is 0 Å². The first-order valence-corrected chi connectivity index (χ1v) is 10.0. The van der Waals surface area contributed by atoms with E-state index in [9.17, 15) is 4.79 Å². The normalized spacial score (nSPS) is 15.6.